The summed E-state index contributed by atoms with van der Waals surface area (Å²) in [5.41, 5.74) is 1.48. The number of aromatic hydroxyl groups is 1. The first kappa shape index (κ1) is 29.2. The van der Waals surface area contributed by atoms with Gasteiger partial charge < -0.3 is 24.1 Å². The van der Waals surface area contributed by atoms with Gasteiger partial charge in [-0.1, -0.05) is 32.1 Å². The third-order valence-electron chi connectivity index (χ3n) is 7.14. The average molecular weight is 551 g/mol. The fourth-order valence-corrected chi connectivity index (χ4v) is 5.08. The number of esters is 2. The second-order valence-corrected chi connectivity index (χ2v) is 10.9. The number of Topliss-reactive ketones (excluding diaryl/α,β-unsaturated/α-hetero) is 1. The predicted octanol–water partition coefficient (Wildman–Crippen LogP) is 6.36. The minimum Gasteiger partial charge on any atom is -0.507 e. The van der Waals surface area contributed by atoms with Gasteiger partial charge in [-0.2, -0.15) is 0 Å². The number of ether oxygens (including phenoxy) is 4. The van der Waals surface area contributed by atoms with Crippen molar-refractivity contribution in [1.82, 2.24) is 0 Å². The molecule has 0 amide bonds. The van der Waals surface area contributed by atoms with E-state index >= 15 is 0 Å². The summed E-state index contributed by atoms with van der Waals surface area (Å²) in [5.74, 6) is -0.157. The quantitative estimate of drug-likeness (QED) is 0.339. The molecule has 8 heteroatoms. The lowest BCUT2D eigenvalue weighted by Gasteiger charge is -2.28. The molecule has 0 radical (unpaired) electrons. The molecule has 4 rings (SSSR count). The number of carbonyl (C=O) groups is 3. The first-order valence-corrected chi connectivity index (χ1v) is 14.0. The molecule has 2 aliphatic rings. The van der Waals surface area contributed by atoms with Gasteiger partial charge in [0.2, 0.25) is 0 Å². The Labute approximate surface area is 235 Å². The minimum atomic E-state index is -0.665. The SMILES string of the molecule is COc1cc(C2CC(=O)Oc3cc4c(c(O)c32)C(=O)OC(C)CCCC(=O)CCC/C=C/4)ccc1OCC(C)C. The number of ketones is 1. The van der Waals surface area contributed by atoms with E-state index < -0.39 is 24.0 Å². The van der Waals surface area contributed by atoms with E-state index in [0.717, 1.165) is 0 Å². The van der Waals surface area contributed by atoms with Crippen LogP contribution < -0.4 is 14.2 Å². The zero-order valence-corrected chi connectivity index (χ0v) is 23.7. The topological polar surface area (TPSA) is 108 Å². The largest absolute Gasteiger partial charge is 0.507 e. The van der Waals surface area contributed by atoms with Crippen molar-refractivity contribution in [2.24, 2.45) is 5.92 Å². The number of phenolic OH excluding ortho intramolecular Hbond substituents is 1. The predicted molar refractivity (Wildman–Crippen MR) is 150 cm³/mol. The van der Waals surface area contributed by atoms with Crippen molar-refractivity contribution in [2.45, 2.75) is 77.7 Å². The van der Waals surface area contributed by atoms with Crippen molar-refractivity contribution in [3.05, 3.63) is 52.6 Å². The number of allylic oxidation sites excluding steroid dienone is 1. The number of hydrogen-bond donors (Lipinski definition) is 1. The van der Waals surface area contributed by atoms with Gasteiger partial charge in [-0.15, -0.1) is 0 Å². The van der Waals surface area contributed by atoms with Crippen LogP contribution in [0, 0.1) is 5.92 Å². The summed E-state index contributed by atoms with van der Waals surface area (Å²) in [4.78, 5) is 38.2. The molecule has 40 heavy (non-hydrogen) atoms. The molecule has 0 fully saturated rings. The van der Waals surface area contributed by atoms with E-state index in [1.165, 1.54) is 0 Å². The van der Waals surface area contributed by atoms with Crippen LogP contribution in [0.3, 0.4) is 0 Å². The molecule has 2 atom stereocenters. The molecular weight excluding hydrogens is 512 g/mol. The first-order valence-electron chi connectivity index (χ1n) is 14.0. The molecular formula is C32H38O8. The third kappa shape index (κ3) is 6.84. The van der Waals surface area contributed by atoms with Crippen LogP contribution in [-0.2, 0) is 14.3 Å². The van der Waals surface area contributed by atoms with Crippen LogP contribution in [0.4, 0.5) is 0 Å². The van der Waals surface area contributed by atoms with Crippen molar-refractivity contribution in [2.75, 3.05) is 13.7 Å². The van der Waals surface area contributed by atoms with Gasteiger partial charge in [0.25, 0.3) is 0 Å². The molecule has 214 valence electrons. The monoisotopic (exact) mass is 550 g/mol. The molecule has 2 unspecified atom stereocenters. The third-order valence-corrected chi connectivity index (χ3v) is 7.14. The molecule has 0 aromatic heterocycles. The summed E-state index contributed by atoms with van der Waals surface area (Å²) >= 11 is 0. The Morgan fingerprint density at radius 1 is 1.07 bits per heavy atom. The van der Waals surface area contributed by atoms with Gasteiger partial charge in [0.05, 0.1) is 26.2 Å². The number of carbonyl (C=O) groups excluding carboxylic acids is 3. The molecule has 0 saturated heterocycles. The Morgan fingerprint density at radius 2 is 1.85 bits per heavy atom. The zero-order valence-electron chi connectivity index (χ0n) is 23.7. The maximum atomic E-state index is 13.4. The van der Waals surface area contributed by atoms with Gasteiger partial charge >= 0.3 is 11.9 Å². The highest BCUT2D eigenvalue weighted by molar-refractivity contribution is 5.98. The van der Waals surface area contributed by atoms with Gasteiger partial charge in [0, 0.05) is 24.3 Å². The van der Waals surface area contributed by atoms with E-state index in [1.54, 1.807) is 38.3 Å². The fourth-order valence-electron chi connectivity index (χ4n) is 5.08. The highest BCUT2D eigenvalue weighted by atomic mass is 16.5. The van der Waals surface area contributed by atoms with Crippen LogP contribution in [0.1, 0.15) is 98.7 Å². The number of methoxy groups -OCH3 is 1. The average Bonchev–Trinajstić information content (AvgIpc) is 2.90. The van der Waals surface area contributed by atoms with Crippen LogP contribution in [0.2, 0.25) is 0 Å². The molecule has 8 nitrogen and oxygen atoms in total. The maximum Gasteiger partial charge on any atom is 0.342 e. The molecule has 2 heterocycles. The van der Waals surface area contributed by atoms with E-state index in [9.17, 15) is 19.5 Å². The van der Waals surface area contributed by atoms with E-state index in [1.807, 2.05) is 12.1 Å². The fraction of sp³-hybridized carbons (Fsp3) is 0.469. The van der Waals surface area contributed by atoms with Gasteiger partial charge in [-0.05, 0) is 67.9 Å². The normalized spacial score (nSPS) is 21.0. The number of benzene rings is 2. The molecule has 2 aromatic carbocycles. The molecule has 0 spiro atoms. The van der Waals surface area contributed by atoms with Gasteiger partial charge in [-0.3, -0.25) is 9.59 Å². The molecule has 0 bridgehead atoms. The zero-order chi connectivity index (χ0) is 28.8. The molecule has 0 aliphatic carbocycles. The van der Waals surface area contributed by atoms with Gasteiger partial charge in [0.1, 0.15) is 22.8 Å². The number of rotatable bonds is 5. The molecule has 2 aliphatic heterocycles. The summed E-state index contributed by atoms with van der Waals surface area (Å²) in [6, 6.07) is 7.01. The maximum absolute atomic E-state index is 13.4. The summed E-state index contributed by atoms with van der Waals surface area (Å²) in [5, 5.41) is 11.6. The summed E-state index contributed by atoms with van der Waals surface area (Å²) in [6.07, 6.45) is 6.53. The Balaban J connectivity index is 1.78. The molecule has 2 aromatic rings. The van der Waals surface area contributed by atoms with Gasteiger partial charge in [-0.25, -0.2) is 4.79 Å². The standard InChI is InChI=1S/C32H38O8/c1-19(2)18-38-25-14-13-21(15-26(25)37-4)24-17-28(34)40-27-16-22-10-6-5-7-11-23(33)12-8-9-20(3)39-32(36)29(22)31(35)30(24)27/h6,10,13-16,19-20,24,35H,5,7-9,11-12,17-18H2,1-4H3/b10-6+. The second-order valence-electron chi connectivity index (χ2n) is 10.9. The van der Waals surface area contributed by atoms with Crippen molar-refractivity contribution in [3.63, 3.8) is 0 Å². The summed E-state index contributed by atoms with van der Waals surface area (Å²) < 4.78 is 22.7. The van der Waals surface area contributed by atoms with Crippen LogP contribution in [-0.4, -0.2) is 42.6 Å². The molecule has 1 N–H and O–H groups in total. The summed E-state index contributed by atoms with van der Waals surface area (Å²) in [7, 11) is 1.55. The lowest BCUT2D eigenvalue weighted by Crippen LogP contribution is -2.23. The lowest BCUT2D eigenvalue weighted by molar-refractivity contribution is -0.135. The first-order chi connectivity index (χ1) is 19.2. The minimum absolute atomic E-state index is 0.0238. The highest BCUT2D eigenvalue weighted by Crippen LogP contribution is 2.48. The number of fused-ring (bicyclic) bond motifs is 2. The van der Waals surface area contributed by atoms with Crippen LogP contribution in [0.5, 0.6) is 23.0 Å². The number of hydrogen-bond acceptors (Lipinski definition) is 8. The van der Waals surface area contributed by atoms with Crippen molar-refractivity contribution < 1.29 is 38.4 Å². The van der Waals surface area contributed by atoms with Crippen LogP contribution in [0.15, 0.2) is 30.3 Å². The number of phenols is 1. The number of cyclic esters (lactones) is 1. The Hall–Kier alpha value is -3.81. The smallest absolute Gasteiger partial charge is 0.342 e. The van der Waals surface area contributed by atoms with E-state index in [-0.39, 0.29) is 29.3 Å². The summed E-state index contributed by atoms with van der Waals surface area (Å²) in [6.45, 7) is 6.40. The van der Waals surface area contributed by atoms with Crippen molar-refractivity contribution in [1.29, 1.82) is 0 Å². The lowest BCUT2D eigenvalue weighted by atomic mass is 9.83. The van der Waals surface area contributed by atoms with Crippen LogP contribution >= 0.6 is 0 Å². The Kier molecular flexibility index (Phi) is 9.50. The van der Waals surface area contributed by atoms with E-state index in [4.69, 9.17) is 18.9 Å². The van der Waals surface area contributed by atoms with E-state index in [0.29, 0.717) is 79.2 Å². The van der Waals surface area contributed by atoms with Crippen molar-refractivity contribution in [3.8, 4) is 23.0 Å². The Bertz CT molecular complexity index is 1290. The van der Waals surface area contributed by atoms with Crippen molar-refractivity contribution >= 4 is 23.8 Å². The second kappa shape index (κ2) is 13.0. The van der Waals surface area contributed by atoms with Crippen LogP contribution in [0.25, 0.3) is 6.08 Å². The van der Waals surface area contributed by atoms with Gasteiger partial charge in [0.15, 0.2) is 11.5 Å². The highest BCUT2D eigenvalue weighted by Gasteiger charge is 2.36. The van der Waals surface area contributed by atoms with E-state index in [2.05, 4.69) is 13.8 Å². The molecule has 0 saturated carbocycles. The Morgan fingerprint density at radius 3 is 2.60 bits per heavy atom.